The van der Waals surface area contributed by atoms with E-state index in [1.54, 1.807) is 35.8 Å². The predicted octanol–water partition coefficient (Wildman–Crippen LogP) is 4.63. The van der Waals surface area contributed by atoms with Crippen molar-refractivity contribution in [1.82, 2.24) is 5.48 Å². The van der Waals surface area contributed by atoms with Crippen LogP contribution in [0, 0.1) is 0 Å². The van der Waals surface area contributed by atoms with Gasteiger partial charge in [0.05, 0.1) is 16.6 Å². The second-order valence-electron chi connectivity index (χ2n) is 5.86. The predicted molar refractivity (Wildman–Crippen MR) is 113 cm³/mol. The van der Waals surface area contributed by atoms with Crippen molar-refractivity contribution in [2.45, 2.75) is 5.92 Å². The third kappa shape index (κ3) is 4.72. The fraction of sp³-hybridized carbons (Fsp3) is 0.0556. The van der Waals surface area contributed by atoms with E-state index in [1.807, 2.05) is 0 Å². The highest BCUT2D eigenvalue weighted by atomic mass is 35.5. The van der Waals surface area contributed by atoms with E-state index in [0.29, 0.717) is 15.4 Å². The van der Waals surface area contributed by atoms with E-state index in [1.165, 1.54) is 30.3 Å². The fourth-order valence-electron chi connectivity index (χ4n) is 2.82. The molecule has 0 spiro atoms. The molecule has 0 radical (unpaired) electrons. The van der Waals surface area contributed by atoms with Crippen LogP contribution >= 0.6 is 34.5 Å². The van der Waals surface area contributed by atoms with E-state index in [9.17, 15) is 17.8 Å². The molecule has 1 unspecified atom stereocenters. The summed E-state index contributed by atoms with van der Waals surface area (Å²) < 4.78 is 34.5. The van der Waals surface area contributed by atoms with Crippen LogP contribution in [0.25, 0.3) is 0 Å². The first-order valence-corrected chi connectivity index (χ1v) is 11.0. The number of carbonyl (C=O) groups is 1. The van der Waals surface area contributed by atoms with Crippen LogP contribution in [-0.4, -0.2) is 24.1 Å². The van der Waals surface area contributed by atoms with Gasteiger partial charge in [0.15, 0.2) is 0 Å². The maximum atomic E-state index is 12.2. The smallest absolute Gasteiger partial charge is 0.289 e. The van der Waals surface area contributed by atoms with Crippen LogP contribution in [0.15, 0.2) is 60.7 Å². The van der Waals surface area contributed by atoms with Crippen LogP contribution in [0.4, 0.5) is 10.7 Å². The summed E-state index contributed by atoms with van der Waals surface area (Å²) in [6.45, 7) is 0. The summed E-state index contributed by atoms with van der Waals surface area (Å²) in [6, 6.07) is 16.0. The Bertz CT molecular complexity index is 1100. The standard InChI is InChI=1S/C18H14Cl2N2O5S2/c19-14-10-15(28-17(14)20)22(29(25,26)27)13-8-6-12(7-9-13)16(18(23)21-24)11-4-2-1-3-5-11/h1-10,16,24H,(H,21,23)(H,25,26,27). The lowest BCUT2D eigenvalue weighted by molar-refractivity contribution is -0.129. The van der Waals surface area contributed by atoms with Crippen LogP contribution in [0.2, 0.25) is 9.36 Å². The number of hydrogen-bond donors (Lipinski definition) is 3. The number of amides is 1. The highest BCUT2D eigenvalue weighted by Crippen LogP contribution is 2.41. The van der Waals surface area contributed by atoms with Crippen LogP contribution in [-0.2, 0) is 15.1 Å². The maximum absolute atomic E-state index is 12.2. The van der Waals surface area contributed by atoms with E-state index in [0.717, 1.165) is 11.3 Å². The van der Waals surface area contributed by atoms with Gasteiger partial charge in [0.2, 0.25) is 0 Å². The van der Waals surface area contributed by atoms with Gasteiger partial charge in [-0.2, -0.15) is 8.42 Å². The Morgan fingerprint density at radius 1 is 1.03 bits per heavy atom. The Balaban J connectivity index is 2.03. The molecule has 0 saturated heterocycles. The van der Waals surface area contributed by atoms with Crippen molar-refractivity contribution in [2.24, 2.45) is 0 Å². The molecular formula is C18H14Cl2N2O5S2. The van der Waals surface area contributed by atoms with Gasteiger partial charge in [0.1, 0.15) is 9.34 Å². The van der Waals surface area contributed by atoms with Crippen molar-refractivity contribution in [2.75, 3.05) is 4.31 Å². The van der Waals surface area contributed by atoms with Crippen molar-refractivity contribution >= 4 is 61.4 Å². The van der Waals surface area contributed by atoms with Gasteiger partial charge in [0, 0.05) is 0 Å². The highest BCUT2D eigenvalue weighted by molar-refractivity contribution is 7.87. The number of nitrogens with zero attached hydrogens (tertiary/aromatic N) is 1. The van der Waals surface area contributed by atoms with Crippen LogP contribution < -0.4 is 9.79 Å². The van der Waals surface area contributed by atoms with Crippen molar-refractivity contribution in [3.05, 3.63) is 81.1 Å². The maximum Gasteiger partial charge on any atom is 0.365 e. The zero-order valence-electron chi connectivity index (χ0n) is 14.5. The van der Waals surface area contributed by atoms with E-state index in [-0.39, 0.29) is 20.0 Å². The summed E-state index contributed by atoms with van der Waals surface area (Å²) in [6.07, 6.45) is 0. The Kier molecular flexibility index (Phi) is 6.47. The van der Waals surface area contributed by atoms with Gasteiger partial charge in [-0.3, -0.25) is 14.6 Å². The molecule has 0 aliphatic carbocycles. The van der Waals surface area contributed by atoms with E-state index in [2.05, 4.69) is 0 Å². The summed E-state index contributed by atoms with van der Waals surface area (Å²) >= 11 is 12.7. The monoisotopic (exact) mass is 472 g/mol. The molecule has 7 nitrogen and oxygen atoms in total. The number of hydroxylamine groups is 1. The van der Waals surface area contributed by atoms with E-state index < -0.39 is 22.1 Å². The van der Waals surface area contributed by atoms with Gasteiger partial charge in [-0.15, -0.1) is 11.3 Å². The Labute approximate surface area is 181 Å². The van der Waals surface area contributed by atoms with Gasteiger partial charge in [-0.25, -0.2) is 9.79 Å². The van der Waals surface area contributed by atoms with E-state index in [4.69, 9.17) is 28.4 Å². The lowest BCUT2D eigenvalue weighted by Gasteiger charge is -2.21. The van der Waals surface area contributed by atoms with Crippen molar-refractivity contribution in [3.63, 3.8) is 0 Å². The number of hydrogen-bond acceptors (Lipinski definition) is 5. The molecule has 11 heteroatoms. The molecule has 0 bridgehead atoms. The summed E-state index contributed by atoms with van der Waals surface area (Å²) in [5.41, 5.74) is 2.90. The molecule has 3 aromatic rings. The average molecular weight is 473 g/mol. The number of rotatable bonds is 6. The molecule has 0 saturated carbocycles. The average Bonchev–Trinajstić information content (AvgIpc) is 3.00. The zero-order valence-corrected chi connectivity index (χ0v) is 17.6. The van der Waals surface area contributed by atoms with Gasteiger partial charge >= 0.3 is 10.3 Å². The molecule has 0 aliphatic heterocycles. The topological polar surface area (TPSA) is 107 Å². The number of thiophene rings is 1. The lowest BCUT2D eigenvalue weighted by Crippen LogP contribution is -2.27. The number of halogens is 2. The molecule has 1 aromatic heterocycles. The van der Waals surface area contributed by atoms with Crippen molar-refractivity contribution in [3.8, 4) is 0 Å². The summed E-state index contributed by atoms with van der Waals surface area (Å²) in [7, 11) is -4.67. The lowest BCUT2D eigenvalue weighted by atomic mass is 9.90. The number of benzene rings is 2. The summed E-state index contributed by atoms with van der Waals surface area (Å²) in [4.78, 5) is 12.2. The normalized spacial score (nSPS) is 12.4. The van der Waals surface area contributed by atoms with Crippen molar-refractivity contribution < 1.29 is 23.0 Å². The molecule has 1 amide bonds. The van der Waals surface area contributed by atoms with Crippen LogP contribution in [0.5, 0.6) is 0 Å². The highest BCUT2D eigenvalue weighted by Gasteiger charge is 2.27. The third-order valence-electron chi connectivity index (χ3n) is 4.03. The molecule has 3 rings (SSSR count). The van der Waals surface area contributed by atoms with Crippen LogP contribution in [0.1, 0.15) is 17.0 Å². The Morgan fingerprint density at radius 2 is 1.62 bits per heavy atom. The Hall–Kier alpha value is -2.14. The second kappa shape index (κ2) is 8.70. The molecule has 152 valence electrons. The molecule has 1 heterocycles. The Morgan fingerprint density at radius 3 is 2.10 bits per heavy atom. The molecule has 3 N–H and O–H groups in total. The second-order valence-corrected chi connectivity index (χ2v) is 9.16. The minimum Gasteiger partial charge on any atom is -0.289 e. The summed E-state index contributed by atoms with van der Waals surface area (Å²) in [5.74, 6) is -1.47. The molecule has 29 heavy (non-hydrogen) atoms. The molecular weight excluding hydrogens is 459 g/mol. The molecule has 2 aromatic carbocycles. The quantitative estimate of drug-likeness (QED) is 0.275. The van der Waals surface area contributed by atoms with E-state index >= 15 is 0 Å². The molecule has 1 atom stereocenters. The number of carbonyl (C=O) groups excluding carboxylic acids is 1. The number of nitrogens with one attached hydrogen (secondary N) is 1. The fourth-order valence-corrected chi connectivity index (χ4v) is 5.16. The minimum absolute atomic E-state index is 0.1000. The first-order chi connectivity index (χ1) is 13.7. The first kappa shape index (κ1) is 21.6. The first-order valence-electron chi connectivity index (χ1n) is 8.04. The SMILES string of the molecule is O=C(NO)C(c1ccccc1)c1ccc(N(c2cc(Cl)c(Cl)s2)S(=O)(=O)O)cc1. The summed E-state index contributed by atoms with van der Waals surface area (Å²) in [5, 5.41) is 9.36. The van der Waals surface area contributed by atoms with Gasteiger partial charge in [-0.05, 0) is 29.3 Å². The van der Waals surface area contributed by atoms with Crippen LogP contribution in [0.3, 0.4) is 0 Å². The van der Waals surface area contributed by atoms with Gasteiger partial charge in [-0.1, -0.05) is 65.7 Å². The minimum atomic E-state index is -4.67. The number of anilines is 2. The van der Waals surface area contributed by atoms with Gasteiger partial charge < -0.3 is 0 Å². The third-order valence-corrected chi connectivity index (χ3v) is 6.86. The largest absolute Gasteiger partial charge is 0.365 e. The zero-order chi connectivity index (χ0) is 21.2. The molecule has 0 aliphatic rings. The molecule has 0 fully saturated rings. The van der Waals surface area contributed by atoms with Crippen molar-refractivity contribution in [1.29, 1.82) is 0 Å². The van der Waals surface area contributed by atoms with Gasteiger partial charge in [0.25, 0.3) is 5.91 Å².